The largest absolute Gasteiger partial charge is 0.345 e. The second-order valence-corrected chi connectivity index (χ2v) is 5.85. The summed E-state index contributed by atoms with van der Waals surface area (Å²) in [6.07, 6.45) is 2.37. The molecule has 0 spiro atoms. The minimum Gasteiger partial charge on any atom is -0.345 e. The summed E-state index contributed by atoms with van der Waals surface area (Å²) in [6.45, 7) is 4.16. The Morgan fingerprint density at radius 2 is 1.91 bits per heavy atom. The van der Waals surface area contributed by atoms with E-state index in [9.17, 15) is 4.79 Å². The van der Waals surface area contributed by atoms with Gasteiger partial charge in [-0.05, 0) is 31.6 Å². The van der Waals surface area contributed by atoms with Gasteiger partial charge in [-0.15, -0.1) is 0 Å². The fourth-order valence-electron chi connectivity index (χ4n) is 2.79. The number of rotatable bonds is 5. The van der Waals surface area contributed by atoms with Gasteiger partial charge in [0.15, 0.2) is 12.1 Å². The van der Waals surface area contributed by atoms with Gasteiger partial charge in [-0.25, -0.2) is 0 Å². The molecule has 1 aromatic carbocycles. The summed E-state index contributed by atoms with van der Waals surface area (Å²) in [4.78, 5) is 10.5. The van der Waals surface area contributed by atoms with Crippen molar-refractivity contribution in [1.29, 1.82) is 0 Å². The Morgan fingerprint density at radius 1 is 1.18 bits per heavy atom. The molecule has 5 heteroatoms. The van der Waals surface area contributed by atoms with Crippen molar-refractivity contribution in [2.24, 2.45) is 0 Å². The summed E-state index contributed by atoms with van der Waals surface area (Å²) < 4.78 is 23.4. The van der Waals surface area contributed by atoms with Crippen LogP contribution in [0.15, 0.2) is 42.5 Å². The van der Waals surface area contributed by atoms with Crippen LogP contribution in [0.5, 0.6) is 0 Å². The van der Waals surface area contributed by atoms with Gasteiger partial charge in [0.25, 0.3) is 0 Å². The molecule has 0 aliphatic carbocycles. The number of ether oxygens (including phenoxy) is 4. The van der Waals surface area contributed by atoms with Crippen LogP contribution >= 0.6 is 0 Å². The molecule has 2 heterocycles. The van der Waals surface area contributed by atoms with Crippen LogP contribution in [0.1, 0.15) is 19.4 Å². The van der Waals surface area contributed by atoms with Crippen LogP contribution in [0.25, 0.3) is 0 Å². The van der Waals surface area contributed by atoms with Crippen molar-refractivity contribution >= 4 is 6.29 Å². The fourth-order valence-corrected chi connectivity index (χ4v) is 2.79. The summed E-state index contributed by atoms with van der Waals surface area (Å²) in [5, 5.41) is 0. The van der Waals surface area contributed by atoms with Gasteiger partial charge in [0.1, 0.15) is 24.6 Å². The first-order valence-corrected chi connectivity index (χ1v) is 7.38. The van der Waals surface area contributed by atoms with Crippen LogP contribution in [0.4, 0.5) is 0 Å². The molecular formula is C17H20O5. The van der Waals surface area contributed by atoms with E-state index in [2.05, 4.69) is 0 Å². The van der Waals surface area contributed by atoms with E-state index < -0.39 is 12.1 Å². The first-order chi connectivity index (χ1) is 10.6. The smallest absolute Gasteiger partial charge is 0.187 e. The number of carbonyl (C=O) groups excluding carboxylic acids is 1. The second-order valence-electron chi connectivity index (χ2n) is 5.85. The van der Waals surface area contributed by atoms with E-state index >= 15 is 0 Å². The SMILES string of the molecule is CC1(C)O[C@H]2[C@@H](OCc3ccccc3)O[C@@H](/C=C/C=O)[C@H]2O1. The van der Waals surface area contributed by atoms with E-state index in [0.717, 1.165) is 11.8 Å². The van der Waals surface area contributed by atoms with Gasteiger partial charge in [-0.3, -0.25) is 4.79 Å². The lowest BCUT2D eigenvalue weighted by atomic mass is 10.1. The topological polar surface area (TPSA) is 54.0 Å². The van der Waals surface area contributed by atoms with E-state index in [1.807, 2.05) is 44.2 Å². The zero-order chi connectivity index (χ0) is 15.6. The third-order valence-corrected chi connectivity index (χ3v) is 3.68. The standard InChI is InChI=1S/C17H20O5/c1-17(2)21-14-13(9-6-10-18)20-16(15(14)22-17)19-11-12-7-4-3-5-8-12/h3-10,13-16H,11H2,1-2H3/b9-6+/t13-,14+,15+,16-/m0/s1. The van der Waals surface area contributed by atoms with Crippen LogP contribution in [0.3, 0.4) is 0 Å². The first kappa shape index (κ1) is 15.4. The van der Waals surface area contributed by atoms with Crippen LogP contribution < -0.4 is 0 Å². The first-order valence-electron chi connectivity index (χ1n) is 7.38. The second kappa shape index (κ2) is 6.30. The number of allylic oxidation sites excluding steroid dienone is 1. The molecule has 118 valence electrons. The Balaban J connectivity index is 1.68. The van der Waals surface area contributed by atoms with E-state index in [1.54, 1.807) is 6.08 Å². The summed E-state index contributed by atoms with van der Waals surface area (Å²) in [5.41, 5.74) is 1.06. The van der Waals surface area contributed by atoms with Gasteiger partial charge >= 0.3 is 0 Å². The molecule has 2 fully saturated rings. The van der Waals surface area contributed by atoms with Gasteiger partial charge in [0.2, 0.25) is 0 Å². The molecule has 3 rings (SSSR count). The fraction of sp³-hybridized carbons (Fsp3) is 0.471. The van der Waals surface area contributed by atoms with E-state index in [0.29, 0.717) is 6.61 Å². The summed E-state index contributed by atoms with van der Waals surface area (Å²) >= 11 is 0. The molecule has 2 aliphatic rings. The molecule has 1 aromatic rings. The lowest BCUT2D eigenvalue weighted by Gasteiger charge is -2.23. The van der Waals surface area contributed by atoms with E-state index in [4.69, 9.17) is 18.9 Å². The van der Waals surface area contributed by atoms with E-state index in [-0.39, 0.29) is 18.3 Å². The quantitative estimate of drug-likeness (QED) is 0.616. The molecule has 22 heavy (non-hydrogen) atoms. The zero-order valence-electron chi connectivity index (χ0n) is 12.7. The molecule has 0 aromatic heterocycles. The van der Waals surface area contributed by atoms with Crippen molar-refractivity contribution in [3.8, 4) is 0 Å². The highest BCUT2D eigenvalue weighted by Crippen LogP contribution is 2.39. The molecule has 2 saturated heterocycles. The van der Waals surface area contributed by atoms with Crippen LogP contribution in [0, 0.1) is 0 Å². The normalized spacial score (nSPS) is 33.2. The highest BCUT2D eigenvalue weighted by Gasteiger charge is 2.55. The predicted molar refractivity (Wildman–Crippen MR) is 78.9 cm³/mol. The number of fused-ring (bicyclic) bond motifs is 1. The molecule has 0 unspecified atom stereocenters. The van der Waals surface area contributed by atoms with Gasteiger partial charge in [0.05, 0.1) is 6.61 Å². The van der Waals surface area contributed by atoms with Crippen LogP contribution in [0.2, 0.25) is 0 Å². The van der Waals surface area contributed by atoms with Crippen LogP contribution in [-0.2, 0) is 30.3 Å². The molecule has 0 radical (unpaired) electrons. The lowest BCUT2D eigenvalue weighted by Crippen LogP contribution is -2.31. The maximum absolute atomic E-state index is 10.5. The number of hydrogen-bond acceptors (Lipinski definition) is 5. The Bertz CT molecular complexity index is 539. The molecule has 2 aliphatic heterocycles. The van der Waals surface area contributed by atoms with Crippen molar-refractivity contribution < 1.29 is 23.7 Å². The number of hydrogen-bond donors (Lipinski definition) is 0. The average molecular weight is 304 g/mol. The monoisotopic (exact) mass is 304 g/mol. The Kier molecular flexibility index (Phi) is 4.40. The molecule has 5 nitrogen and oxygen atoms in total. The third-order valence-electron chi connectivity index (χ3n) is 3.68. The van der Waals surface area contributed by atoms with Crippen molar-refractivity contribution in [3.05, 3.63) is 48.0 Å². The number of aldehydes is 1. The Labute approximate surface area is 129 Å². The van der Waals surface area contributed by atoms with Crippen molar-refractivity contribution in [3.63, 3.8) is 0 Å². The number of carbonyl (C=O) groups is 1. The average Bonchev–Trinajstić information content (AvgIpc) is 2.98. The van der Waals surface area contributed by atoms with Gasteiger partial charge < -0.3 is 18.9 Å². The zero-order valence-corrected chi connectivity index (χ0v) is 12.7. The van der Waals surface area contributed by atoms with Crippen molar-refractivity contribution in [2.75, 3.05) is 0 Å². The molecule has 0 N–H and O–H groups in total. The molecule has 0 amide bonds. The van der Waals surface area contributed by atoms with Gasteiger partial charge in [-0.2, -0.15) is 0 Å². The molecule has 4 atom stereocenters. The minimum atomic E-state index is -0.680. The Morgan fingerprint density at radius 3 is 2.64 bits per heavy atom. The maximum Gasteiger partial charge on any atom is 0.187 e. The third kappa shape index (κ3) is 3.28. The van der Waals surface area contributed by atoms with Crippen LogP contribution in [-0.4, -0.2) is 36.7 Å². The molecular weight excluding hydrogens is 284 g/mol. The Hall–Kier alpha value is -1.53. The van der Waals surface area contributed by atoms with Gasteiger partial charge in [-0.1, -0.05) is 30.3 Å². The predicted octanol–water partition coefficient (Wildman–Crippen LogP) is 2.20. The number of benzene rings is 1. The van der Waals surface area contributed by atoms with E-state index in [1.165, 1.54) is 6.08 Å². The molecule has 0 bridgehead atoms. The summed E-state index contributed by atoms with van der Waals surface area (Å²) in [7, 11) is 0. The van der Waals surface area contributed by atoms with Gasteiger partial charge in [0, 0.05) is 0 Å². The van der Waals surface area contributed by atoms with Crippen molar-refractivity contribution in [1.82, 2.24) is 0 Å². The lowest BCUT2D eigenvalue weighted by molar-refractivity contribution is -0.231. The molecule has 0 saturated carbocycles. The summed E-state index contributed by atoms with van der Waals surface area (Å²) in [5.74, 6) is -0.680. The summed E-state index contributed by atoms with van der Waals surface area (Å²) in [6, 6.07) is 9.87. The van der Waals surface area contributed by atoms with Crippen molar-refractivity contribution in [2.45, 2.75) is 50.8 Å². The minimum absolute atomic E-state index is 0.271. The highest BCUT2D eigenvalue weighted by atomic mass is 16.8. The highest BCUT2D eigenvalue weighted by molar-refractivity contribution is 5.64. The maximum atomic E-state index is 10.5.